The average molecular weight is 323 g/mol. The molecule has 0 bridgehead atoms. The summed E-state index contributed by atoms with van der Waals surface area (Å²) < 4.78 is 0. The first-order valence-electron chi connectivity index (χ1n) is 7.59. The number of aromatic amines is 1. The Morgan fingerprint density at radius 3 is 2.92 bits per heavy atom. The van der Waals surface area contributed by atoms with E-state index in [-0.39, 0.29) is 17.2 Å². The molecular weight excluding hydrogens is 306 g/mol. The third-order valence-corrected chi connectivity index (χ3v) is 3.92. The molecule has 122 valence electrons. The lowest BCUT2D eigenvalue weighted by Gasteiger charge is -2.06. The Kier molecular flexibility index (Phi) is 4.29. The number of nitrogens with one attached hydrogen (secondary N) is 2. The second-order valence-electron chi connectivity index (χ2n) is 5.55. The summed E-state index contributed by atoms with van der Waals surface area (Å²) in [6, 6.07) is 8.85. The Bertz CT molecular complexity index is 915. The van der Waals surface area contributed by atoms with E-state index in [4.69, 9.17) is 5.11 Å². The lowest BCUT2D eigenvalue weighted by atomic mass is 10.1. The number of benzene rings is 1. The van der Waals surface area contributed by atoms with Crippen molar-refractivity contribution in [3.63, 3.8) is 0 Å². The normalized spacial score (nSPS) is 10.7. The van der Waals surface area contributed by atoms with Gasteiger partial charge in [0, 0.05) is 35.4 Å². The van der Waals surface area contributed by atoms with Gasteiger partial charge in [-0.1, -0.05) is 12.1 Å². The first-order chi connectivity index (χ1) is 11.6. The second-order valence-corrected chi connectivity index (χ2v) is 5.55. The molecule has 0 atom stereocenters. The van der Waals surface area contributed by atoms with Gasteiger partial charge in [-0.2, -0.15) is 0 Å². The van der Waals surface area contributed by atoms with Crippen LogP contribution in [0.2, 0.25) is 0 Å². The minimum absolute atomic E-state index is 0.144. The van der Waals surface area contributed by atoms with E-state index in [1.807, 2.05) is 18.3 Å². The molecule has 1 amide bonds. The average Bonchev–Trinajstić information content (AvgIpc) is 2.99. The van der Waals surface area contributed by atoms with E-state index in [9.17, 15) is 9.59 Å². The van der Waals surface area contributed by atoms with E-state index >= 15 is 0 Å². The molecule has 24 heavy (non-hydrogen) atoms. The predicted molar refractivity (Wildman–Crippen MR) is 90.3 cm³/mol. The fourth-order valence-electron chi connectivity index (χ4n) is 2.75. The van der Waals surface area contributed by atoms with Gasteiger partial charge in [-0.3, -0.25) is 4.79 Å². The molecule has 3 rings (SSSR count). The lowest BCUT2D eigenvalue weighted by Crippen LogP contribution is -2.26. The Labute approximate surface area is 138 Å². The number of amides is 1. The molecule has 0 radical (unpaired) electrons. The van der Waals surface area contributed by atoms with Gasteiger partial charge < -0.3 is 15.4 Å². The summed E-state index contributed by atoms with van der Waals surface area (Å²) >= 11 is 0. The maximum Gasteiger partial charge on any atom is 0.354 e. The highest BCUT2D eigenvalue weighted by Gasteiger charge is 2.11. The number of carboxylic acids is 1. The van der Waals surface area contributed by atoms with Gasteiger partial charge in [-0.05, 0) is 42.7 Å². The largest absolute Gasteiger partial charge is 0.477 e. The summed E-state index contributed by atoms with van der Waals surface area (Å²) in [7, 11) is 0. The molecule has 3 N–H and O–H groups in total. The summed E-state index contributed by atoms with van der Waals surface area (Å²) in [5.41, 5.74) is 3.56. The minimum Gasteiger partial charge on any atom is -0.477 e. The molecule has 0 aliphatic heterocycles. The monoisotopic (exact) mass is 323 g/mol. The van der Waals surface area contributed by atoms with Crippen LogP contribution in [0, 0.1) is 6.92 Å². The Morgan fingerprint density at radius 1 is 1.29 bits per heavy atom. The number of carbonyl (C=O) groups is 2. The smallest absolute Gasteiger partial charge is 0.354 e. The fraction of sp³-hybridized carbons (Fsp3) is 0.167. The van der Waals surface area contributed by atoms with Crippen LogP contribution in [0.25, 0.3) is 10.9 Å². The molecule has 0 fully saturated rings. The van der Waals surface area contributed by atoms with Crippen molar-refractivity contribution in [3.05, 3.63) is 65.1 Å². The zero-order valence-electron chi connectivity index (χ0n) is 13.2. The van der Waals surface area contributed by atoms with Gasteiger partial charge in [0.2, 0.25) is 0 Å². The molecule has 6 nitrogen and oxygen atoms in total. The van der Waals surface area contributed by atoms with Crippen LogP contribution in [0.3, 0.4) is 0 Å². The first-order valence-corrected chi connectivity index (χ1v) is 7.59. The molecule has 0 aliphatic rings. The molecule has 0 saturated heterocycles. The number of hydrogen-bond acceptors (Lipinski definition) is 3. The van der Waals surface area contributed by atoms with Crippen molar-refractivity contribution < 1.29 is 14.7 Å². The summed E-state index contributed by atoms with van der Waals surface area (Å²) in [4.78, 5) is 30.0. The summed E-state index contributed by atoms with van der Waals surface area (Å²) in [5, 5.41) is 12.9. The number of nitrogens with zero attached hydrogens (tertiary/aromatic N) is 1. The maximum absolute atomic E-state index is 12.1. The number of carbonyl (C=O) groups excluding carboxylic acids is 1. The first kappa shape index (κ1) is 15.7. The van der Waals surface area contributed by atoms with Crippen LogP contribution in [0.5, 0.6) is 0 Å². The third-order valence-electron chi connectivity index (χ3n) is 3.92. The molecule has 2 aromatic heterocycles. The number of rotatable bonds is 5. The van der Waals surface area contributed by atoms with Crippen molar-refractivity contribution in [2.45, 2.75) is 13.3 Å². The van der Waals surface area contributed by atoms with E-state index in [0.717, 1.165) is 11.1 Å². The summed E-state index contributed by atoms with van der Waals surface area (Å²) in [6.45, 7) is 2.52. The number of aromatic carboxylic acids is 1. The number of pyridine rings is 1. The van der Waals surface area contributed by atoms with Gasteiger partial charge >= 0.3 is 5.97 Å². The van der Waals surface area contributed by atoms with Gasteiger partial charge in [0.25, 0.3) is 5.91 Å². The van der Waals surface area contributed by atoms with Crippen molar-refractivity contribution >= 4 is 22.8 Å². The number of carboxylic acid groups (broad SMARTS) is 1. The van der Waals surface area contributed by atoms with Gasteiger partial charge in [-0.15, -0.1) is 0 Å². The Hall–Kier alpha value is -3.15. The second kappa shape index (κ2) is 6.54. The van der Waals surface area contributed by atoms with Crippen molar-refractivity contribution in [2.75, 3.05) is 6.54 Å². The number of aromatic nitrogens is 2. The third kappa shape index (κ3) is 3.12. The molecule has 1 aromatic carbocycles. The highest BCUT2D eigenvalue weighted by Crippen LogP contribution is 2.22. The van der Waals surface area contributed by atoms with E-state index < -0.39 is 5.97 Å². The van der Waals surface area contributed by atoms with Crippen LogP contribution >= 0.6 is 0 Å². The van der Waals surface area contributed by atoms with E-state index in [1.54, 1.807) is 0 Å². The van der Waals surface area contributed by atoms with Gasteiger partial charge in [0.1, 0.15) is 5.69 Å². The van der Waals surface area contributed by atoms with Crippen molar-refractivity contribution in [1.82, 2.24) is 15.3 Å². The SMILES string of the molecule is Cc1cccc2[nH]cc(CCNC(=O)c3ccnc(C(=O)O)c3)c12. The van der Waals surface area contributed by atoms with E-state index in [1.165, 1.54) is 29.3 Å². The molecule has 0 unspecified atom stereocenters. The van der Waals surface area contributed by atoms with Crippen LogP contribution in [-0.2, 0) is 6.42 Å². The highest BCUT2D eigenvalue weighted by atomic mass is 16.4. The predicted octanol–water partition coefficient (Wildman–Crippen LogP) is 2.54. The molecular formula is C18H17N3O3. The molecule has 6 heteroatoms. The maximum atomic E-state index is 12.1. The molecule has 3 aromatic rings. The topological polar surface area (TPSA) is 95.1 Å². The lowest BCUT2D eigenvalue weighted by molar-refractivity contribution is 0.0690. The van der Waals surface area contributed by atoms with Crippen LogP contribution < -0.4 is 5.32 Å². The van der Waals surface area contributed by atoms with E-state index in [0.29, 0.717) is 13.0 Å². The molecule has 2 heterocycles. The number of hydrogen-bond donors (Lipinski definition) is 3. The van der Waals surface area contributed by atoms with Crippen LogP contribution in [0.15, 0.2) is 42.7 Å². The van der Waals surface area contributed by atoms with Crippen LogP contribution in [0.1, 0.15) is 32.0 Å². The van der Waals surface area contributed by atoms with Gasteiger partial charge in [-0.25, -0.2) is 9.78 Å². The van der Waals surface area contributed by atoms with E-state index in [2.05, 4.69) is 28.3 Å². The summed E-state index contributed by atoms with van der Waals surface area (Å²) in [5.74, 6) is -1.46. The number of fused-ring (bicyclic) bond motifs is 1. The minimum atomic E-state index is -1.15. The van der Waals surface area contributed by atoms with Crippen molar-refractivity contribution in [3.8, 4) is 0 Å². The van der Waals surface area contributed by atoms with Crippen LogP contribution in [0.4, 0.5) is 0 Å². The number of aryl methyl sites for hydroxylation is 1. The quantitative estimate of drug-likeness (QED) is 0.672. The number of H-pyrrole nitrogens is 1. The summed E-state index contributed by atoms with van der Waals surface area (Å²) in [6.07, 6.45) is 3.97. The fourth-order valence-corrected chi connectivity index (χ4v) is 2.75. The van der Waals surface area contributed by atoms with Crippen LogP contribution in [-0.4, -0.2) is 33.5 Å². The van der Waals surface area contributed by atoms with Crippen molar-refractivity contribution in [2.24, 2.45) is 0 Å². The zero-order valence-corrected chi connectivity index (χ0v) is 13.2. The van der Waals surface area contributed by atoms with Crippen molar-refractivity contribution in [1.29, 1.82) is 0 Å². The molecule has 0 saturated carbocycles. The molecule has 0 aliphatic carbocycles. The molecule has 0 spiro atoms. The van der Waals surface area contributed by atoms with Gasteiger partial charge in [0.05, 0.1) is 0 Å². The van der Waals surface area contributed by atoms with Gasteiger partial charge in [0.15, 0.2) is 0 Å². The Balaban J connectivity index is 1.66. The zero-order chi connectivity index (χ0) is 17.1. The standard InChI is InChI=1S/C18H17N3O3/c1-11-3-2-4-14-16(11)13(10-21-14)6-8-20-17(22)12-5-7-19-15(9-12)18(23)24/h2-5,7,9-10,21H,6,8H2,1H3,(H,20,22)(H,23,24). The highest BCUT2D eigenvalue weighted by molar-refractivity contribution is 5.96. The Morgan fingerprint density at radius 2 is 2.12 bits per heavy atom.